The van der Waals surface area contributed by atoms with Crippen molar-refractivity contribution in [3.05, 3.63) is 35.9 Å². The largest absolute Gasteiger partial charge is 0.445 e. The highest BCUT2D eigenvalue weighted by molar-refractivity contribution is 5.86. The van der Waals surface area contributed by atoms with Gasteiger partial charge in [0.15, 0.2) is 0 Å². The summed E-state index contributed by atoms with van der Waals surface area (Å²) in [6, 6.07) is 8.44. The van der Waals surface area contributed by atoms with Gasteiger partial charge < -0.3 is 26.2 Å². The van der Waals surface area contributed by atoms with Gasteiger partial charge in [0.1, 0.15) is 12.6 Å². The fourth-order valence-electron chi connectivity index (χ4n) is 2.93. The second kappa shape index (κ2) is 15.3. The van der Waals surface area contributed by atoms with Crippen molar-refractivity contribution in [1.29, 1.82) is 0 Å². The van der Waals surface area contributed by atoms with E-state index in [-0.39, 0.29) is 19.6 Å². The van der Waals surface area contributed by atoms with Crippen molar-refractivity contribution in [3.63, 3.8) is 0 Å². The molecule has 1 aromatic rings. The smallest absolute Gasteiger partial charge is 0.407 e. The molecule has 8 nitrogen and oxygen atoms in total. The van der Waals surface area contributed by atoms with Crippen LogP contribution >= 0.6 is 0 Å². The molecule has 8 heteroatoms. The van der Waals surface area contributed by atoms with Crippen molar-refractivity contribution < 1.29 is 24.2 Å². The van der Waals surface area contributed by atoms with E-state index in [1.807, 2.05) is 30.3 Å². The molecule has 0 heterocycles. The summed E-state index contributed by atoms with van der Waals surface area (Å²) in [4.78, 5) is 35.3. The van der Waals surface area contributed by atoms with Crippen LogP contribution in [0.2, 0.25) is 0 Å². The van der Waals surface area contributed by atoms with Crippen LogP contribution in [0.1, 0.15) is 63.9 Å². The molecule has 1 aromatic carbocycles. The molecule has 30 heavy (non-hydrogen) atoms. The lowest BCUT2D eigenvalue weighted by Crippen LogP contribution is -2.46. The van der Waals surface area contributed by atoms with Gasteiger partial charge >= 0.3 is 6.09 Å². The Balaban J connectivity index is 2.23. The Labute approximate surface area is 178 Å². The Morgan fingerprint density at radius 1 is 1.07 bits per heavy atom. The van der Waals surface area contributed by atoms with E-state index in [0.29, 0.717) is 6.42 Å². The van der Waals surface area contributed by atoms with Gasteiger partial charge in [-0.1, -0.05) is 75.8 Å². The van der Waals surface area contributed by atoms with Gasteiger partial charge in [0.25, 0.3) is 0 Å². The topological polar surface area (TPSA) is 131 Å². The molecule has 0 radical (unpaired) electrons. The van der Waals surface area contributed by atoms with Gasteiger partial charge in [-0.15, -0.1) is 0 Å². The zero-order valence-corrected chi connectivity index (χ0v) is 17.8. The summed E-state index contributed by atoms with van der Waals surface area (Å²) in [7, 11) is 0. The molecular weight excluding hydrogens is 386 g/mol. The average Bonchev–Trinajstić information content (AvgIpc) is 2.72. The molecule has 2 atom stereocenters. The minimum Gasteiger partial charge on any atom is -0.445 e. The van der Waals surface area contributed by atoms with Gasteiger partial charge in [0.2, 0.25) is 11.8 Å². The van der Waals surface area contributed by atoms with E-state index >= 15 is 0 Å². The van der Waals surface area contributed by atoms with E-state index in [1.165, 1.54) is 12.8 Å². The lowest BCUT2D eigenvalue weighted by molar-refractivity contribution is -0.128. The zero-order chi connectivity index (χ0) is 22.2. The first-order valence-electron chi connectivity index (χ1n) is 10.6. The van der Waals surface area contributed by atoms with Gasteiger partial charge in [0, 0.05) is 6.54 Å². The lowest BCUT2D eigenvalue weighted by atomic mass is 10.0. The Bertz CT molecular complexity index is 639. The number of hydrogen-bond donors (Lipinski definition) is 4. The van der Waals surface area contributed by atoms with Crippen LogP contribution in [-0.2, 0) is 20.9 Å². The molecule has 0 aliphatic heterocycles. The predicted molar refractivity (Wildman–Crippen MR) is 114 cm³/mol. The van der Waals surface area contributed by atoms with Crippen LogP contribution in [0.3, 0.4) is 0 Å². The summed E-state index contributed by atoms with van der Waals surface area (Å²) < 4.78 is 5.04. The molecule has 0 spiro atoms. The first-order valence-corrected chi connectivity index (χ1v) is 10.6. The third-order valence-corrected chi connectivity index (χ3v) is 4.64. The maximum atomic E-state index is 12.1. The van der Waals surface area contributed by atoms with E-state index < -0.39 is 30.1 Å². The number of aliphatic hydroxyl groups is 1. The lowest BCUT2D eigenvalue weighted by Gasteiger charge is -2.17. The van der Waals surface area contributed by atoms with E-state index in [2.05, 4.69) is 17.6 Å². The van der Waals surface area contributed by atoms with E-state index in [4.69, 9.17) is 10.5 Å². The van der Waals surface area contributed by atoms with Gasteiger partial charge in [-0.25, -0.2) is 4.79 Å². The highest BCUT2D eigenvalue weighted by Gasteiger charge is 2.20. The molecule has 0 bridgehead atoms. The van der Waals surface area contributed by atoms with Crippen LogP contribution < -0.4 is 16.4 Å². The van der Waals surface area contributed by atoms with Crippen LogP contribution in [-0.4, -0.2) is 41.7 Å². The Hall–Kier alpha value is -2.61. The molecule has 5 N–H and O–H groups in total. The normalized spacial score (nSPS) is 12.6. The Morgan fingerprint density at radius 3 is 2.40 bits per heavy atom. The first kappa shape index (κ1) is 25.4. The van der Waals surface area contributed by atoms with Crippen LogP contribution in [0.15, 0.2) is 30.3 Å². The van der Waals surface area contributed by atoms with Crippen molar-refractivity contribution in [3.8, 4) is 0 Å². The molecule has 0 unspecified atom stereocenters. The molecule has 168 valence electrons. The monoisotopic (exact) mass is 421 g/mol. The SMILES string of the molecule is CCCCCCCC[C@H](NC(=O)C[C@@H](O)CNC(=O)OCc1ccccc1)C(N)=O. The second-order valence-corrected chi connectivity index (χ2v) is 7.38. The van der Waals surface area contributed by atoms with Crippen LogP contribution in [0.4, 0.5) is 4.79 Å². The highest BCUT2D eigenvalue weighted by Crippen LogP contribution is 2.09. The molecule has 3 amide bonds. The van der Waals surface area contributed by atoms with E-state index in [9.17, 15) is 19.5 Å². The van der Waals surface area contributed by atoms with Crippen molar-refractivity contribution >= 4 is 17.9 Å². The standard InChI is InChI=1S/C22H35N3O5/c1-2-3-4-5-6-10-13-19(21(23)28)25-20(27)14-18(26)15-24-22(29)30-16-17-11-8-7-9-12-17/h7-9,11-12,18-19,26H,2-6,10,13-16H2,1H3,(H2,23,28)(H,24,29)(H,25,27)/t18-,19+/m1/s1. The van der Waals surface area contributed by atoms with Gasteiger partial charge in [0.05, 0.1) is 12.5 Å². The number of benzene rings is 1. The number of hydrogen-bond acceptors (Lipinski definition) is 5. The van der Waals surface area contributed by atoms with Crippen LogP contribution in [0.25, 0.3) is 0 Å². The maximum absolute atomic E-state index is 12.1. The minimum atomic E-state index is -1.10. The summed E-state index contributed by atoms with van der Waals surface area (Å²) in [5.41, 5.74) is 6.21. The Morgan fingerprint density at radius 2 is 1.73 bits per heavy atom. The van der Waals surface area contributed by atoms with Gasteiger partial charge in [-0.05, 0) is 12.0 Å². The Kier molecular flexibility index (Phi) is 12.9. The molecular formula is C22H35N3O5. The number of unbranched alkanes of at least 4 members (excludes halogenated alkanes) is 5. The number of alkyl carbamates (subject to hydrolysis) is 1. The summed E-state index contributed by atoms with van der Waals surface area (Å²) in [6.07, 6.45) is 4.85. The average molecular weight is 422 g/mol. The number of aliphatic hydroxyl groups excluding tert-OH is 1. The number of carbonyl (C=O) groups is 3. The number of amides is 3. The van der Waals surface area contributed by atoms with Crippen molar-refractivity contribution in [2.75, 3.05) is 6.54 Å². The quantitative estimate of drug-likeness (QED) is 0.323. The van der Waals surface area contributed by atoms with Crippen molar-refractivity contribution in [1.82, 2.24) is 10.6 Å². The van der Waals surface area contributed by atoms with Gasteiger partial charge in [-0.3, -0.25) is 9.59 Å². The second-order valence-electron chi connectivity index (χ2n) is 7.38. The first-order chi connectivity index (χ1) is 14.4. The minimum absolute atomic E-state index is 0.113. The number of nitrogens with one attached hydrogen (secondary N) is 2. The fraction of sp³-hybridized carbons (Fsp3) is 0.591. The van der Waals surface area contributed by atoms with Gasteiger partial charge in [-0.2, -0.15) is 0 Å². The molecule has 0 aliphatic rings. The number of carbonyl (C=O) groups excluding carboxylic acids is 3. The highest BCUT2D eigenvalue weighted by atomic mass is 16.5. The van der Waals surface area contributed by atoms with E-state index in [0.717, 1.165) is 31.2 Å². The number of rotatable bonds is 15. The summed E-state index contributed by atoms with van der Waals surface area (Å²) in [6.45, 7) is 2.12. The predicted octanol–water partition coefficient (Wildman–Crippen LogP) is 2.38. The third kappa shape index (κ3) is 12.1. The fourth-order valence-corrected chi connectivity index (χ4v) is 2.93. The number of nitrogens with two attached hydrogens (primary N) is 1. The summed E-state index contributed by atoms with van der Waals surface area (Å²) in [5.74, 6) is -1.08. The molecule has 0 fully saturated rings. The third-order valence-electron chi connectivity index (χ3n) is 4.64. The maximum Gasteiger partial charge on any atom is 0.407 e. The molecule has 0 saturated heterocycles. The van der Waals surface area contributed by atoms with Crippen LogP contribution in [0.5, 0.6) is 0 Å². The summed E-state index contributed by atoms with van der Waals surface area (Å²) >= 11 is 0. The number of primary amides is 1. The molecule has 1 rings (SSSR count). The summed E-state index contributed by atoms with van der Waals surface area (Å²) in [5, 5.41) is 14.9. The molecule has 0 saturated carbocycles. The van der Waals surface area contributed by atoms with E-state index in [1.54, 1.807) is 0 Å². The van der Waals surface area contributed by atoms with Crippen molar-refractivity contribution in [2.24, 2.45) is 5.73 Å². The van der Waals surface area contributed by atoms with Crippen molar-refractivity contribution in [2.45, 2.75) is 77.0 Å². The molecule has 0 aliphatic carbocycles. The number of ether oxygens (including phenoxy) is 1. The zero-order valence-electron chi connectivity index (χ0n) is 17.8. The molecule has 0 aromatic heterocycles. The van der Waals surface area contributed by atoms with Crippen LogP contribution in [0, 0.1) is 0 Å².